The molecule has 1 aliphatic rings. The highest BCUT2D eigenvalue weighted by molar-refractivity contribution is 5.46. The van der Waals surface area contributed by atoms with Crippen molar-refractivity contribution in [3.05, 3.63) is 83.5 Å². The molecule has 0 saturated heterocycles. The standard InChI is InChI=1S/C22H25N5O3/c1-13-8-16(27-21(30)24-19(28)12-23-27)9-14(2)17(13)10-15-11-18(20(29)26-25-15)22(3)6-4-5-7-22/h8-9,11-12H,4-7,10H2,1-3H3,(H,26,29)(H,24,28,30). The van der Waals surface area contributed by atoms with Crippen LogP contribution >= 0.6 is 0 Å². The van der Waals surface area contributed by atoms with Gasteiger partial charge in [0.2, 0.25) is 0 Å². The monoisotopic (exact) mass is 407 g/mol. The van der Waals surface area contributed by atoms with Crippen molar-refractivity contribution in [2.45, 2.75) is 58.3 Å². The topological polar surface area (TPSA) is 113 Å². The van der Waals surface area contributed by atoms with Crippen LogP contribution in [0.25, 0.3) is 5.69 Å². The minimum Gasteiger partial charge on any atom is -0.271 e. The third-order valence-corrected chi connectivity index (χ3v) is 6.21. The zero-order chi connectivity index (χ0) is 21.5. The molecule has 0 amide bonds. The van der Waals surface area contributed by atoms with E-state index in [2.05, 4.69) is 27.2 Å². The van der Waals surface area contributed by atoms with E-state index in [1.165, 1.54) is 4.68 Å². The van der Waals surface area contributed by atoms with E-state index in [9.17, 15) is 14.4 Å². The van der Waals surface area contributed by atoms with Gasteiger partial charge in [0.15, 0.2) is 0 Å². The third kappa shape index (κ3) is 3.65. The van der Waals surface area contributed by atoms with Gasteiger partial charge in [-0.2, -0.15) is 14.9 Å². The molecule has 0 unspecified atom stereocenters. The molecule has 0 radical (unpaired) electrons. The summed E-state index contributed by atoms with van der Waals surface area (Å²) in [6.07, 6.45) is 5.98. The molecule has 1 fully saturated rings. The summed E-state index contributed by atoms with van der Waals surface area (Å²) < 4.78 is 1.17. The highest BCUT2D eigenvalue weighted by atomic mass is 16.2. The van der Waals surface area contributed by atoms with Crippen molar-refractivity contribution in [1.29, 1.82) is 0 Å². The second-order valence-corrected chi connectivity index (χ2v) is 8.46. The van der Waals surface area contributed by atoms with E-state index in [0.717, 1.165) is 59.8 Å². The summed E-state index contributed by atoms with van der Waals surface area (Å²) >= 11 is 0. The lowest BCUT2D eigenvalue weighted by Crippen LogP contribution is -2.30. The van der Waals surface area contributed by atoms with Gasteiger partial charge in [0.1, 0.15) is 6.20 Å². The molecule has 0 aliphatic heterocycles. The summed E-state index contributed by atoms with van der Waals surface area (Å²) in [5.41, 5.74) is 3.96. The van der Waals surface area contributed by atoms with Crippen LogP contribution in [0.5, 0.6) is 0 Å². The van der Waals surface area contributed by atoms with Gasteiger partial charge in [-0.1, -0.05) is 19.8 Å². The lowest BCUT2D eigenvalue weighted by atomic mass is 9.81. The first-order valence-electron chi connectivity index (χ1n) is 10.1. The molecule has 4 rings (SSSR count). The second kappa shape index (κ2) is 7.51. The molecule has 156 valence electrons. The average molecular weight is 407 g/mol. The van der Waals surface area contributed by atoms with Crippen LogP contribution in [0.1, 0.15) is 60.6 Å². The number of aryl methyl sites for hydroxylation is 2. The maximum absolute atomic E-state index is 12.4. The number of aromatic nitrogens is 5. The first-order valence-corrected chi connectivity index (χ1v) is 10.1. The molecule has 2 aromatic heterocycles. The van der Waals surface area contributed by atoms with Crippen LogP contribution in [0.3, 0.4) is 0 Å². The van der Waals surface area contributed by atoms with Crippen molar-refractivity contribution in [1.82, 2.24) is 25.0 Å². The number of rotatable bonds is 4. The zero-order valence-electron chi connectivity index (χ0n) is 17.4. The van der Waals surface area contributed by atoms with Gasteiger partial charge in [-0.15, -0.1) is 0 Å². The molecule has 0 atom stereocenters. The predicted octanol–water partition coefficient (Wildman–Crippen LogP) is 2.04. The summed E-state index contributed by atoms with van der Waals surface area (Å²) in [6.45, 7) is 6.09. The van der Waals surface area contributed by atoms with E-state index < -0.39 is 11.2 Å². The van der Waals surface area contributed by atoms with Crippen LogP contribution in [-0.4, -0.2) is 25.0 Å². The number of hydrogen-bond acceptors (Lipinski definition) is 5. The van der Waals surface area contributed by atoms with Gasteiger partial charge in [-0.25, -0.2) is 9.89 Å². The molecule has 8 nitrogen and oxygen atoms in total. The first-order chi connectivity index (χ1) is 14.3. The molecular formula is C22H25N5O3. The van der Waals surface area contributed by atoms with Gasteiger partial charge in [0, 0.05) is 12.0 Å². The number of nitrogens with zero attached hydrogens (tertiary/aromatic N) is 3. The Kier molecular flexibility index (Phi) is 5.01. The number of H-pyrrole nitrogens is 2. The Morgan fingerprint density at radius 3 is 2.37 bits per heavy atom. The van der Waals surface area contributed by atoms with E-state index >= 15 is 0 Å². The molecular weight excluding hydrogens is 382 g/mol. The molecule has 8 heteroatoms. The minimum atomic E-state index is -0.578. The van der Waals surface area contributed by atoms with Crippen molar-refractivity contribution in [2.24, 2.45) is 0 Å². The van der Waals surface area contributed by atoms with Crippen LogP contribution < -0.4 is 16.8 Å². The molecule has 1 saturated carbocycles. The lowest BCUT2D eigenvalue weighted by Gasteiger charge is -2.23. The van der Waals surface area contributed by atoms with Gasteiger partial charge < -0.3 is 0 Å². The zero-order valence-corrected chi connectivity index (χ0v) is 17.4. The summed E-state index contributed by atoms with van der Waals surface area (Å²) in [7, 11) is 0. The predicted molar refractivity (Wildman–Crippen MR) is 113 cm³/mol. The Balaban J connectivity index is 1.70. The SMILES string of the molecule is Cc1cc(-n2ncc(=O)[nH]c2=O)cc(C)c1Cc1cc(C2(C)CCCC2)c(=O)[nH]n1. The van der Waals surface area contributed by atoms with E-state index in [1.807, 2.05) is 32.0 Å². The smallest absolute Gasteiger partial charge is 0.271 e. The van der Waals surface area contributed by atoms with Crippen molar-refractivity contribution in [3.8, 4) is 5.69 Å². The van der Waals surface area contributed by atoms with Gasteiger partial charge in [-0.05, 0) is 67.0 Å². The van der Waals surface area contributed by atoms with Crippen molar-refractivity contribution in [2.75, 3.05) is 0 Å². The maximum atomic E-state index is 12.4. The number of aromatic amines is 2. The third-order valence-electron chi connectivity index (χ3n) is 6.21. The molecule has 0 spiro atoms. The number of nitrogens with one attached hydrogen (secondary N) is 2. The van der Waals surface area contributed by atoms with Crippen LogP contribution in [-0.2, 0) is 11.8 Å². The summed E-state index contributed by atoms with van der Waals surface area (Å²) in [4.78, 5) is 38.0. The van der Waals surface area contributed by atoms with Gasteiger partial charge in [0.25, 0.3) is 11.1 Å². The number of benzene rings is 1. The van der Waals surface area contributed by atoms with Crippen molar-refractivity contribution < 1.29 is 0 Å². The minimum absolute atomic E-state index is 0.0870. The quantitative estimate of drug-likeness (QED) is 0.687. The van der Waals surface area contributed by atoms with Crippen molar-refractivity contribution >= 4 is 0 Å². The van der Waals surface area contributed by atoms with Crippen molar-refractivity contribution in [3.63, 3.8) is 0 Å². The summed E-state index contributed by atoms with van der Waals surface area (Å²) in [5.74, 6) is 0. The normalized spacial score (nSPS) is 15.4. The van der Waals surface area contributed by atoms with E-state index in [-0.39, 0.29) is 11.0 Å². The largest absolute Gasteiger partial charge is 0.349 e. The lowest BCUT2D eigenvalue weighted by molar-refractivity contribution is 0.482. The van der Waals surface area contributed by atoms with E-state index in [4.69, 9.17) is 0 Å². The summed E-state index contributed by atoms with van der Waals surface area (Å²) in [6, 6.07) is 5.67. The molecule has 2 N–H and O–H groups in total. The molecule has 1 aromatic carbocycles. The Morgan fingerprint density at radius 1 is 1.07 bits per heavy atom. The summed E-state index contributed by atoms with van der Waals surface area (Å²) in [5, 5.41) is 10.9. The van der Waals surface area contributed by atoms with E-state index in [1.54, 1.807) is 0 Å². The first kappa shape index (κ1) is 20.0. The number of hydrogen-bond donors (Lipinski definition) is 2. The molecule has 30 heavy (non-hydrogen) atoms. The van der Waals surface area contributed by atoms with E-state index in [0.29, 0.717) is 12.1 Å². The Labute approximate surface area is 173 Å². The highest BCUT2D eigenvalue weighted by Gasteiger charge is 2.33. The molecule has 1 aliphatic carbocycles. The van der Waals surface area contributed by atoms with Crippen LogP contribution in [0.2, 0.25) is 0 Å². The van der Waals surface area contributed by atoms with Gasteiger partial charge in [0.05, 0.1) is 11.4 Å². The van der Waals surface area contributed by atoms with Crippen LogP contribution in [0, 0.1) is 13.8 Å². The maximum Gasteiger partial charge on any atom is 0.349 e. The Morgan fingerprint density at radius 2 is 1.73 bits per heavy atom. The van der Waals surface area contributed by atoms with Gasteiger partial charge >= 0.3 is 5.69 Å². The van der Waals surface area contributed by atoms with Crippen LogP contribution in [0.4, 0.5) is 0 Å². The molecule has 0 bridgehead atoms. The fourth-order valence-electron chi connectivity index (χ4n) is 4.50. The Bertz CT molecular complexity index is 1260. The fourth-order valence-corrected chi connectivity index (χ4v) is 4.50. The second-order valence-electron chi connectivity index (χ2n) is 8.46. The Hall–Kier alpha value is -3.29. The highest BCUT2D eigenvalue weighted by Crippen LogP contribution is 2.39. The molecule has 2 heterocycles. The molecule has 3 aromatic rings. The fraction of sp³-hybridized carbons (Fsp3) is 0.409. The van der Waals surface area contributed by atoms with Crippen LogP contribution in [0.15, 0.2) is 38.8 Å². The van der Waals surface area contributed by atoms with Gasteiger partial charge in [-0.3, -0.25) is 14.6 Å². The average Bonchev–Trinajstić information content (AvgIpc) is 3.13.